The van der Waals surface area contributed by atoms with Crippen molar-refractivity contribution in [2.24, 2.45) is 0 Å². The minimum absolute atomic E-state index is 0.0832. The van der Waals surface area contributed by atoms with Crippen LogP contribution in [0.25, 0.3) is 0 Å². The highest BCUT2D eigenvalue weighted by atomic mass is 32.1. The third kappa shape index (κ3) is 3.71. The van der Waals surface area contributed by atoms with Crippen LogP contribution in [0.15, 0.2) is 42.5 Å². The minimum Gasteiger partial charge on any atom is -0.486 e. The number of hydrogen-bond acceptors (Lipinski definition) is 5. The summed E-state index contributed by atoms with van der Waals surface area (Å²) in [5, 5.41) is 6.91. The molecule has 0 saturated heterocycles. The molecule has 0 aromatic heterocycles. The van der Waals surface area contributed by atoms with Crippen molar-refractivity contribution in [2.45, 2.75) is 12.6 Å². The summed E-state index contributed by atoms with van der Waals surface area (Å²) in [5.74, 6) is 3.09. The van der Waals surface area contributed by atoms with Gasteiger partial charge in [0.05, 0.1) is 6.54 Å². The third-order valence-corrected chi connectivity index (χ3v) is 4.24. The summed E-state index contributed by atoms with van der Waals surface area (Å²) in [6.07, 6.45) is -0.0832. The standard InChI is InChI=1S/C18H18N2O4S/c25-18(19-8-12-5-6-15-17(7-12)23-11-22-15)20-9-13-10-21-14-3-1-2-4-16(14)24-13/h1-7,13H,8-11H2,(H2,19,20,25)/t13-/m0/s1. The highest BCUT2D eigenvalue weighted by Crippen LogP contribution is 2.32. The summed E-state index contributed by atoms with van der Waals surface area (Å²) in [5.41, 5.74) is 1.07. The molecule has 0 amide bonds. The van der Waals surface area contributed by atoms with Gasteiger partial charge in [-0.05, 0) is 42.0 Å². The highest BCUT2D eigenvalue weighted by molar-refractivity contribution is 7.80. The van der Waals surface area contributed by atoms with Gasteiger partial charge in [-0.3, -0.25) is 0 Å². The molecule has 6 nitrogen and oxygen atoms in total. The van der Waals surface area contributed by atoms with E-state index < -0.39 is 0 Å². The van der Waals surface area contributed by atoms with Crippen LogP contribution in [-0.2, 0) is 6.54 Å². The van der Waals surface area contributed by atoms with Gasteiger partial charge in [0, 0.05) is 6.54 Å². The molecule has 0 unspecified atom stereocenters. The van der Waals surface area contributed by atoms with E-state index in [2.05, 4.69) is 10.6 Å². The Hall–Kier alpha value is -2.67. The maximum Gasteiger partial charge on any atom is 0.231 e. The first-order chi connectivity index (χ1) is 12.3. The van der Waals surface area contributed by atoms with Crippen LogP contribution < -0.4 is 29.6 Å². The smallest absolute Gasteiger partial charge is 0.231 e. The average Bonchev–Trinajstić information content (AvgIpc) is 3.12. The van der Waals surface area contributed by atoms with Gasteiger partial charge in [-0.1, -0.05) is 18.2 Å². The first-order valence-electron chi connectivity index (χ1n) is 8.06. The lowest BCUT2D eigenvalue weighted by Crippen LogP contribution is -2.44. The quantitative estimate of drug-likeness (QED) is 0.813. The monoisotopic (exact) mass is 358 g/mol. The van der Waals surface area contributed by atoms with Crippen molar-refractivity contribution in [2.75, 3.05) is 19.9 Å². The molecule has 0 fully saturated rings. The number of benzene rings is 2. The van der Waals surface area contributed by atoms with Crippen LogP contribution in [0.2, 0.25) is 0 Å². The number of thiocarbonyl (C=S) groups is 1. The molecular weight excluding hydrogens is 340 g/mol. The van der Waals surface area contributed by atoms with Crippen molar-refractivity contribution in [3.8, 4) is 23.0 Å². The molecule has 0 bridgehead atoms. The summed E-state index contributed by atoms with van der Waals surface area (Å²) in [6, 6.07) is 13.5. The lowest BCUT2D eigenvalue weighted by atomic mass is 10.2. The predicted molar refractivity (Wildman–Crippen MR) is 96.4 cm³/mol. The molecular formula is C18H18N2O4S. The third-order valence-electron chi connectivity index (χ3n) is 3.95. The zero-order valence-electron chi connectivity index (χ0n) is 13.5. The maximum absolute atomic E-state index is 5.89. The zero-order chi connectivity index (χ0) is 17.1. The van der Waals surface area contributed by atoms with E-state index in [-0.39, 0.29) is 12.9 Å². The Morgan fingerprint density at radius 1 is 0.960 bits per heavy atom. The van der Waals surface area contributed by atoms with Crippen molar-refractivity contribution < 1.29 is 18.9 Å². The molecule has 2 N–H and O–H groups in total. The number of hydrogen-bond donors (Lipinski definition) is 2. The van der Waals surface area contributed by atoms with E-state index >= 15 is 0 Å². The van der Waals surface area contributed by atoms with Gasteiger partial charge in [-0.2, -0.15) is 0 Å². The molecule has 2 heterocycles. The lowest BCUT2D eigenvalue weighted by molar-refractivity contribution is 0.0937. The first kappa shape index (κ1) is 15.8. The first-order valence-corrected chi connectivity index (χ1v) is 8.47. The molecule has 0 aliphatic carbocycles. The van der Waals surface area contributed by atoms with Gasteiger partial charge in [-0.15, -0.1) is 0 Å². The number of nitrogens with one attached hydrogen (secondary N) is 2. The van der Waals surface area contributed by atoms with Gasteiger partial charge in [0.1, 0.15) is 12.7 Å². The Balaban J connectivity index is 1.23. The molecule has 2 aromatic carbocycles. The van der Waals surface area contributed by atoms with Crippen LogP contribution in [-0.4, -0.2) is 31.2 Å². The number of fused-ring (bicyclic) bond motifs is 2. The summed E-state index contributed by atoms with van der Waals surface area (Å²) < 4.78 is 22.3. The molecule has 25 heavy (non-hydrogen) atoms. The van der Waals surface area contributed by atoms with Gasteiger partial charge in [0.15, 0.2) is 28.1 Å². The molecule has 1 atom stereocenters. The fourth-order valence-electron chi connectivity index (χ4n) is 2.67. The average molecular weight is 358 g/mol. The van der Waals surface area contributed by atoms with Gasteiger partial charge < -0.3 is 29.6 Å². The van der Waals surface area contributed by atoms with E-state index in [1.54, 1.807) is 0 Å². The van der Waals surface area contributed by atoms with E-state index in [0.29, 0.717) is 24.8 Å². The highest BCUT2D eigenvalue weighted by Gasteiger charge is 2.20. The van der Waals surface area contributed by atoms with E-state index in [1.165, 1.54) is 0 Å². The molecule has 130 valence electrons. The Morgan fingerprint density at radius 3 is 2.68 bits per heavy atom. The van der Waals surface area contributed by atoms with Gasteiger partial charge in [-0.25, -0.2) is 0 Å². The van der Waals surface area contributed by atoms with E-state index in [4.69, 9.17) is 31.2 Å². The van der Waals surface area contributed by atoms with Crippen LogP contribution in [0.4, 0.5) is 0 Å². The normalized spacial score (nSPS) is 17.0. The largest absolute Gasteiger partial charge is 0.486 e. The van der Waals surface area contributed by atoms with Crippen molar-refractivity contribution in [1.82, 2.24) is 10.6 Å². The predicted octanol–water partition coefficient (Wildman–Crippen LogP) is 2.22. The van der Waals surface area contributed by atoms with Crippen molar-refractivity contribution >= 4 is 17.3 Å². The molecule has 2 aliphatic rings. The summed E-state index contributed by atoms with van der Waals surface area (Å²) in [4.78, 5) is 0. The SMILES string of the molecule is S=C(NCc1ccc2c(c1)OCO2)NC[C@H]1COc2ccccc2O1. The Kier molecular flexibility index (Phi) is 4.47. The maximum atomic E-state index is 5.89. The fraction of sp³-hybridized carbons (Fsp3) is 0.278. The molecule has 0 spiro atoms. The van der Waals surface area contributed by atoms with Crippen molar-refractivity contribution in [1.29, 1.82) is 0 Å². The fourth-order valence-corrected chi connectivity index (χ4v) is 2.82. The van der Waals surface area contributed by atoms with E-state index in [9.17, 15) is 0 Å². The van der Waals surface area contributed by atoms with Crippen LogP contribution >= 0.6 is 12.2 Å². The van der Waals surface area contributed by atoms with Crippen LogP contribution in [0.1, 0.15) is 5.56 Å². The second-order valence-corrected chi connectivity index (χ2v) is 6.16. The summed E-state index contributed by atoms with van der Waals surface area (Å²) in [6.45, 7) is 1.95. The van der Waals surface area contributed by atoms with Gasteiger partial charge in [0.25, 0.3) is 0 Å². The molecule has 0 saturated carbocycles. The molecule has 0 radical (unpaired) electrons. The van der Waals surface area contributed by atoms with E-state index in [1.807, 2.05) is 42.5 Å². The minimum atomic E-state index is -0.0832. The molecule has 4 rings (SSSR count). The van der Waals surface area contributed by atoms with Crippen LogP contribution in [0, 0.1) is 0 Å². The van der Waals surface area contributed by atoms with Gasteiger partial charge in [0.2, 0.25) is 6.79 Å². The second-order valence-electron chi connectivity index (χ2n) is 5.75. The number of para-hydroxylation sites is 2. The zero-order valence-corrected chi connectivity index (χ0v) is 14.3. The second kappa shape index (κ2) is 7.06. The summed E-state index contributed by atoms with van der Waals surface area (Å²) in [7, 11) is 0. The molecule has 2 aromatic rings. The summed E-state index contributed by atoms with van der Waals surface area (Å²) >= 11 is 5.32. The lowest BCUT2D eigenvalue weighted by Gasteiger charge is -2.27. The van der Waals surface area contributed by atoms with Crippen LogP contribution in [0.5, 0.6) is 23.0 Å². The van der Waals surface area contributed by atoms with E-state index in [0.717, 1.165) is 28.6 Å². The van der Waals surface area contributed by atoms with Crippen LogP contribution in [0.3, 0.4) is 0 Å². The molecule has 7 heteroatoms. The Morgan fingerprint density at radius 2 is 1.76 bits per heavy atom. The topological polar surface area (TPSA) is 61.0 Å². The molecule has 2 aliphatic heterocycles. The number of rotatable bonds is 4. The Bertz CT molecular complexity index is 783. The van der Waals surface area contributed by atoms with Crippen molar-refractivity contribution in [3.05, 3.63) is 48.0 Å². The van der Waals surface area contributed by atoms with Crippen molar-refractivity contribution in [3.63, 3.8) is 0 Å². The number of ether oxygens (including phenoxy) is 4. The van der Waals surface area contributed by atoms with Gasteiger partial charge >= 0.3 is 0 Å². The Labute approximate surface area is 151 Å².